The van der Waals surface area contributed by atoms with E-state index in [1.165, 1.54) is 0 Å². The van der Waals surface area contributed by atoms with E-state index in [9.17, 15) is 3.89 Å². The van der Waals surface area contributed by atoms with Crippen molar-refractivity contribution in [3.05, 3.63) is 54.6 Å². The number of halogens is 1. The molecule has 0 aromatic heterocycles. The summed E-state index contributed by atoms with van der Waals surface area (Å²) in [5.74, 6) is 0. The van der Waals surface area contributed by atoms with Crippen LogP contribution in [0.25, 0.3) is 11.1 Å². The van der Waals surface area contributed by atoms with Crippen LogP contribution in [0.5, 0.6) is 0 Å². The summed E-state index contributed by atoms with van der Waals surface area (Å²) in [6.45, 7) is 0. The van der Waals surface area contributed by atoms with E-state index in [4.69, 9.17) is 10.0 Å². The zero-order valence-electron chi connectivity index (χ0n) is 8.99. The first-order valence-electron chi connectivity index (χ1n) is 4.96. The molecule has 0 saturated carbocycles. The third-order valence-corrected chi connectivity index (χ3v) is 2.29. The maximum Gasteiger partial charge on any atom is 0.488 e. The van der Waals surface area contributed by atoms with Gasteiger partial charge in [0.15, 0.2) is 0 Å². The fraction of sp³-hybridized carbons (Fsp3) is 0. The molecule has 2 aromatic rings. The van der Waals surface area contributed by atoms with Crippen LogP contribution in [-0.4, -0.2) is 17.2 Å². The molecule has 0 aliphatic carbocycles. The summed E-state index contributed by atoms with van der Waals surface area (Å²) in [7, 11) is -1.41. The predicted molar refractivity (Wildman–Crippen MR) is 71.8 cm³/mol. The quantitative estimate of drug-likeness (QED) is 0.562. The Labute approximate surface area is 106 Å². The number of hydrogen-bond donors (Lipinski definition) is 3. The molecule has 2 nitrogen and oxygen atoms in total. The number of rotatable bonds is 2. The van der Waals surface area contributed by atoms with Crippen LogP contribution in [-0.2, 0) is 0 Å². The van der Waals surface area contributed by atoms with Crippen LogP contribution in [0.15, 0.2) is 54.6 Å². The minimum atomic E-state index is -1.41. The first-order valence-corrected chi connectivity index (χ1v) is 5.29. The minimum Gasteiger partial charge on any atom is -0.423 e. The summed E-state index contributed by atoms with van der Waals surface area (Å²) in [5.41, 5.74) is 2.57. The zero-order valence-corrected chi connectivity index (χ0v) is 9.89. The number of thiol groups is 1. The normalized spacial score (nSPS) is 9.18. The summed E-state index contributed by atoms with van der Waals surface area (Å²) in [6.07, 6.45) is 0. The molecule has 0 amide bonds. The molecular formula is C12H12BFO2S. The van der Waals surface area contributed by atoms with E-state index in [0.29, 0.717) is 5.46 Å². The van der Waals surface area contributed by atoms with Crippen molar-refractivity contribution < 1.29 is 13.9 Å². The highest BCUT2D eigenvalue weighted by Gasteiger charge is 2.10. The monoisotopic (exact) mass is 250 g/mol. The number of hydrogen-bond acceptors (Lipinski definition) is 3. The van der Waals surface area contributed by atoms with Crippen molar-refractivity contribution in [1.29, 1.82) is 0 Å². The Hall–Kier alpha value is -1.30. The molecule has 17 heavy (non-hydrogen) atoms. The molecule has 0 fully saturated rings. The van der Waals surface area contributed by atoms with E-state index in [0.717, 1.165) is 11.1 Å². The Bertz CT molecular complexity index is 451. The average molecular weight is 250 g/mol. The van der Waals surface area contributed by atoms with Gasteiger partial charge in [0.2, 0.25) is 0 Å². The molecule has 2 rings (SSSR count). The van der Waals surface area contributed by atoms with Crippen LogP contribution in [0, 0.1) is 0 Å². The van der Waals surface area contributed by atoms with Gasteiger partial charge in [-0.15, -0.1) is 0 Å². The van der Waals surface area contributed by atoms with Crippen LogP contribution in [0.1, 0.15) is 0 Å². The summed E-state index contributed by atoms with van der Waals surface area (Å²) in [4.78, 5) is 0. The lowest BCUT2D eigenvalue weighted by Gasteiger charge is -2.04. The highest BCUT2D eigenvalue weighted by molar-refractivity contribution is 7.74. The van der Waals surface area contributed by atoms with Gasteiger partial charge < -0.3 is 10.0 Å². The smallest absolute Gasteiger partial charge is 0.423 e. The lowest BCUT2D eigenvalue weighted by atomic mass is 9.79. The van der Waals surface area contributed by atoms with Crippen molar-refractivity contribution in [2.75, 3.05) is 0 Å². The molecule has 0 atom stereocenters. The molecule has 0 unspecified atom stereocenters. The van der Waals surface area contributed by atoms with Crippen molar-refractivity contribution in [1.82, 2.24) is 0 Å². The van der Waals surface area contributed by atoms with Gasteiger partial charge in [-0.3, -0.25) is 0 Å². The molecule has 0 saturated heterocycles. The Kier molecular flexibility index (Phi) is 5.76. The van der Waals surface area contributed by atoms with E-state index < -0.39 is 7.12 Å². The summed E-state index contributed by atoms with van der Waals surface area (Å²) >= 11 is 2.03. The fourth-order valence-electron chi connectivity index (χ4n) is 1.51. The van der Waals surface area contributed by atoms with Gasteiger partial charge in [-0.05, 0) is 16.6 Å². The van der Waals surface area contributed by atoms with Crippen molar-refractivity contribution in [2.24, 2.45) is 0 Å². The van der Waals surface area contributed by atoms with Crippen LogP contribution < -0.4 is 5.46 Å². The van der Waals surface area contributed by atoms with E-state index >= 15 is 0 Å². The Morgan fingerprint density at radius 2 is 1.41 bits per heavy atom. The Balaban J connectivity index is 0.000000686. The van der Waals surface area contributed by atoms with Crippen molar-refractivity contribution in [3.8, 4) is 11.1 Å². The predicted octanol–water partition coefficient (Wildman–Crippen LogP) is 1.83. The summed E-state index contributed by atoms with van der Waals surface area (Å²) in [5, 5.41) is 18.1. The van der Waals surface area contributed by atoms with E-state index in [1.807, 2.05) is 55.5 Å². The molecule has 0 aliphatic rings. The van der Waals surface area contributed by atoms with Gasteiger partial charge in [-0.25, -0.2) is 0 Å². The summed E-state index contributed by atoms with van der Waals surface area (Å²) in [6, 6.07) is 17.1. The van der Waals surface area contributed by atoms with Crippen molar-refractivity contribution >= 4 is 25.6 Å². The van der Waals surface area contributed by atoms with Crippen LogP contribution >= 0.6 is 13.0 Å². The maximum absolute atomic E-state index is 9.19. The van der Waals surface area contributed by atoms with Gasteiger partial charge in [-0.2, -0.15) is 3.89 Å². The second-order valence-corrected chi connectivity index (χ2v) is 3.37. The second kappa shape index (κ2) is 7.11. The molecule has 0 aliphatic heterocycles. The average Bonchev–Trinajstić information content (AvgIpc) is 2.42. The lowest BCUT2D eigenvalue weighted by molar-refractivity contribution is 0.426. The Morgan fingerprint density at radius 3 is 2.00 bits per heavy atom. The second-order valence-electron chi connectivity index (χ2n) is 3.37. The molecule has 2 N–H and O–H groups in total. The largest absolute Gasteiger partial charge is 0.488 e. The molecule has 2 aromatic carbocycles. The first kappa shape index (κ1) is 13.8. The van der Waals surface area contributed by atoms with Crippen LogP contribution in [0.2, 0.25) is 0 Å². The van der Waals surface area contributed by atoms with Crippen LogP contribution in [0.4, 0.5) is 3.89 Å². The highest BCUT2D eigenvalue weighted by Crippen LogP contribution is 2.16. The molecule has 0 radical (unpaired) electrons. The van der Waals surface area contributed by atoms with Gasteiger partial charge in [0.1, 0.15) is 0 Å². The topological polar surface area (TPSA) is 40.5 Å². The first-order chi connectivity index (χ1) is 8.27. The van der Waals surface area contributed by atoms with Crippen molar-refractivity contribution in [3.63, 3.8) is 0 Å². The fourth-order valence-corrected chi connectivity index (χ4v) is 1.51. The van der Waals surface area contributed by atoms with E-state index in [2.05, 4.69) is 0 Å². The van der Waals surface area contributed by atoms with Gasteiger partial charge >= 0.3 is 7.12 Å². The minimum absolute atomic E-state index is 0.511. The molecule has 0 spiro atoms. The SMILES string of the molecule is FS.OB(O)c1cccc(-c2ccccc2)c1. The van der Waals surface area contributed by atoms with Crippen molar-refractivity contribution in [2.45, 2.75) is 0 Å². The molecule has 0 heterocycles. The highest BCUT2D eigenvalue weighted by atomic mass is 32.1. The summed E-state index contributed by atoms with van der Waals surface area (Å²) < 4.78 is 9.19. The van der Waals surface area contributed by atoms with E-state index in [1.54, 1.807) is 12.1 Å². The maximum atomic E-state index is 9.19. The van der Waals surface area contributed by atoms with Gasteiger partial charge in [-0.1, -0.05) is 54.6 Å². The third kappa shape index (κ3) is 3.89. The molecule has 5 heteroatoms. The van der Waals surface area contributed by atoms with Gasteiger partial charge in [0.25, 0.3) is 0 Å². The lowest BCUT2D eigenvalue weighted by Crippen LogP contribution is -2.29. The molecule has 0 bridgehead atoms. The number of benzene rings is 2. The van der Waals surface area contributed by atoms with Gasteiger partial charge in [0.05, 0.1) is 0 Å². The van der Waals surface area contributed by atoms with Crippen LogP contribution in [0.3, 0.4) is 0 Å². The third-order valence-electron chi connectivity index (χ3n) is 2.29. The molecular weight excluding hydrogens is 238 g/mol. The van der Waals surface area contributed by atoms with E-state index in [-0.39, 0.29) is 0 Å². The zero-order chi connectivity index (χ0) is 12.7. The standard InChI is InChI=1S/C12H11BO2.FHS/c14-13(15)12-8-4-7-11(9-12)10-5-2-1-3-6-10;1-2/h1-9,14-15H;2H. The Morgan fingerprint density at radius 1 is 0.824 bits per heavy atom. The molecule has 88 valence electrons. The van der Waals surface area contributed by atoms with Gasteiger partial charge in [0, 0.05) is 13.0 Å².